The predicted molar refractivity (Wildman–Crippen MR) is 73.2 cm³/mol. The lowest BCUT2D eigenvalue weighted by molar-refractivity contribution is -0.137. The van der Waals surface area contributed by atoms with E-state index in [0.29, 0.717) is 0 Å². The van der Waals surface area contributed by atoms with E-state index in [9.17, 15) is 14.4 Å². The molecule has 7 nitrogen and oxygen atoms in total. The van der Waals surface area contributed by atoms with Crippen molar-refractivity contribution in [2.75, 3.05) is 13.1 Å². The minimum Gasteiger partial charge on any atom is -0.480 e. The molecule has 0 aromatic carbocycles. The van der Waals surface area contributed by atoms with Crippen molar-refractivity contribution in [2.24, 2.45) is 5.41 Å². The minimum atomic E-state index is -1.12. The lowest BCUT2D eigenvalue weighted by atomic mass is 9.73. The first-order chi connectivity index (χ1) is 9.31. The topological polar surface area (TPSA) is 108 Å². The van der Waals surface area contributed by atoms with E-state index in [4.69, 9.17) is 5.11 Å². The zero-order valence-electron chi connectivity index (χ0n) is 12.0. The van der Waals surface area contributed by atoms with Crippen molar-refractivity contribution in [3.05, 3.63) is 0 Å². The Morgan fingerprint density at radius 1 is 1.15 bits per heavy atom. The molecule has 4 N–H and O–H groups in total. The summed E-state index contributed by atoms with van der Waals surface area (Å²) in [4.78, 5) is 33.2. The largest absolute Gasteiger partial charge is 0.480 e. The van der Waals surface area contributed by atoms with Gasteiger partial charge in [-0.2, -0.15) is 0 Å². The number of carbonyl (C=O) groups excluding carboxylic acids is 2. The fourth-order valence-electron chi connectivity index (χ4n) is 2.37. The second kappa shape index (κ2) is 7.12. The van der Waals surface area contributed by atoms with Gasteiger partial charge in [-0.05, 0) is 18.3 Å². The highest BCUT2D eigenvalue weighted by atomic mass is 16.4. The second-order valence-corrected chi connectivity index (χ2v) is 5.78. The Bertz CT molecular complexity index is 382. The van der Waals surface area contributed by atoms with Gasteiger partial charge in [0, 0.05) is 6.04 Å². The summed E-state index contributed by atoms with van der Waals surface area (Å²) in [5.41, 5.74) is 0.0567. The first-order valence-corrected chi connectivity index (χ1v) is 6.84. The molecule has 1 aliphatic rings. The highest BCUT2D eigenvalue weighted by Crippen LogP contribution is 2.35. The molecule has 0 aliphatic heterocycles. The molecule has 3 amide bonds. The summed E-state index contributed by atoms with van der Waals surface area (Å²) < 4.78 is 0. The molecule has 1 atom stereocenters. The molecule has 0 heterocycles. The average Bonchev–Trinajstić information content (AvgIpc) is 2.36. The molecule has 1 rings (SSSR count). The van der Waals surface area contributed by atoms with Gasteiger partial charge in [-0.15, -0.1) is 0 Å². The molecule has 0 aromatic rings. The number of hydrogen-bond acceptors (Lipinski definition) is 3. The lowest BCUT2D eigenvalue weighted by Crippen LogP contribution is -2.51. The molecular formula is C13H23N3O4. The number of carboxylic acids is 1. The summed E-state index contributed by atoms with van der Waals surface area (Å²) in [7, 11) is 0. The van der Waals surface area contributed by atoms with E-state index in [1.807, 2.05) is 0 Å². The lowest BCUT2D eigenvalue weighted by Gasteiger charge is -2.38. The van der Waals surface area contributed by atoms with Crippen molar-refractivity contribution in [1.29, 1.82) is 0 Å². The highest BCUT2D eigenvalue weighted by molar-refractivity contribution is 5.86. The van der Waals surface area contributed by atoms with Crippen LogP contribution in [0.5, 0.6) is 0 Å². The van der Waals surface area contributed by atoms with Crippen LogP contribution in [0, 0.1) is 5.41 Å². The highest BCUT2D eigenvalue weighted by Gasteiger charge is 2.33. The van der Waals surface area contributed by atoms with Crippen molar-refractivity contribution < 1.29 is 19.5 Å². The monoisotopic (exact) mass is 285 g/mol. The Kier molecular flexibility index (Phi) is 5.79. The maximum atomic E-state index is 11.7. The van der Waals surface area contributed by atoms with Crippen LogP contribution < -0.4 is 16.0 Å². The third-order valence-corrected chi connectivity index (χ3v) is 3.66. The normalized spacial score (nSPS) is 20.8. The summed E-state index contributed by atoms with van der Waals surface area (Å²) in [6, 6.07) is -0.297. The summed E-state index contributed by atoms with van der Waals surface area (Å²) in [5, 5.41) is 15.9. The predicted octanol–water partition coefficient (Wildman–Crippen LogP) is 0.455. The van der Waals surface area contributed by atoms with E-state index in [-0.39, 0.29) is 18.0 Å². The van der Waals surface area contributed by atoms with E-state index < -0.39 is 24.5 Å². The molecule has 1 fully saturated rings. The zero-order valence-corrected chi connectivity index (χ0v) is 12.0. The first-order valence-electron chi connectivity index (χ1n) is 6.84. The van der Waals surface area contributed by atoms with Crippen molar-refractivity contribution in [3.8, 4) is 0 Å². The quantitative estimate of drug-likeness (QED) is 0.588. The Labute approximate surface area is 118 Å². The second-order valence-electron chi connectivity index (χ2n) is 5.78. The van der Waals surface area contributed by atoms with E-state index in [0.717, 1.165) is 19.3 Å². The van der Waals surface area contributed by atoms with E-state index in [1.54, 1.807) is 0 Å². The number of nitrogens with one attached hydrogen (secondary N) is 3. The zero-order chi connectivity index (χ0) is 15.2. The van der Waals surface area contributed by atoms with Crippen LogP contribution in [0.25, 0.3) is 0 Å². The molecule has 1 saturated carbocycles. The van der Waals surface area contributed by atoms with Crippen molar-refractivity contribution in [1.82, 2.24) is 16.0 Å². The summed E-state index contributed by atoms with van der Waals surface area (Å²) >= 11 is 0. The van der Waals surface area contributed by atoms with Gasteiger partial charge >= 0.3 is 12.0 Å². The molecule has 1 unspecified atom stereocenters. The van der Waals surface area contributed by atoms with Crippen LogP contribution in [0.3, 0.4) is 0 Å². The summed E-state index contributed by atoms with van der Waals surface area (Å²) in [6.07, 6.45) is 4.26. The number of hydrogen-bond donors (Lipinski definition) is 4. The Morgan fingerprint density at radius 3 is 2.45 bits per heavy atom. The van der Waals surface area contributed by atoms with Crippen LogP contribution >= 0.6 is 0 Å². The Morgan fingerprint density at radius 2 is 1.85 bits per heavy atom. The van der Waals surface area contributed by atoms with Crippen LogP contribution in [0.4, 0.5) is 4.79 Å². The number of amides is 3. The number of carboxylic acid groups (broad SMARTS) is 1. The van der Waals surface area contributed by atoms with Crippen molar-refractivity contribution in [2.45, 2.75) is 45.6 Å². The van der Waals surface area contributed by atoms with Gasteiger partial charge in [0.05, 0.1) is 6.54 Å². The molecule has 1 aliphatic carbocycles. The molecule has 0 spiro atoms. The van der Waals surface area contributed by atoms with Gasteiger partial charge in [0.25, 0.3) is 0 Å². The maximum Gasteiger partial charge on any atom is 0.322 e. The smallest absolute Gasteiger partial charge is 0.322 e. The maximum absolute atomic E-state index is 11.7. The summed E-state index contributed by atoms with van der Waals surface area (Å²) in [5.74, 6) is -1.64. The number of carbonyl (C=O) groups is 3. The van der Waals surface area contributed by atoms with Crippen LogP contribution in [-0.4, -0.2) is 42.1 Å². The van der Waals surface area contributed by atoms with Gasteiger partial charge in [-0.3, -0.25) is 9.59 Å². The van der Waals surface area contributed by atoms with Crippen LogP contribution in [0.2, 0.25) is 0 Å². The van der Waals surface area contributed by atoms with Gasteiger partial charge in [-0.1, -0.05) is 26.7 Å². The van der Waals surface area contributed by atoms with Crippen LogP contribution in [-0.2, 0) is 9.59 Å². The molecule has 0 aromatic heterocycles. The Balaban J connectivity index is 2.29. The van der Waals surface area contributed by atoms with E-state index in [1.165, 1.54) is 6.42 Å². The van der Waals surface area contributed by atoms with Gasteiger partial charge in [0.2, 0.25) is 5.91 Å². The van der Waals surface area contributed by atoms with E-state index >= 15 is 0 Å². The fraction of sp³-hybridized carbons (Fsp3) is 0.769. The van der Waals surface area contributed by atoms with Gasteiger partial charge < -0.3 is 21.1 Å². The van der Waals surface area contributed by atoms with Crippen molar-refractivity contribution in [3.63, 3.8) is 0 Å². The first kappa shape index (κ1) is 16.3. The number of urea groups is 1. The SMILES string of the molecule is CC1(C)CCCCC1NC(=O)NCC(=O)NCC(=O)O. The molecule has 0 bridgehead atoms. The minimum absolute atomic E-state index is 0.0567. The fourth-order valence-corrected chi connectivity index (χ4v) is 2.37. The Hall–Kier alpha value is -1.79. The third-order valence-electron chi connectivity index (χ3n) is 3.66. The molecule has 0 saturated heterocycles. The average molecular weight is 285 g/mol. The molecule has 0 radical (unpaired) electrons. The van der Waals surface area contributed by atoms with Crippen LogP contribution in [0.15, 0.2) is 0 Å². The number of aliphatic carboxylic acids is 1. The van der Waals surface area contributed by atoms with Gasteiger partial charge in [0.1, 0.15) is 6.54 Å². The van der Waals surface area contributed by atoms with Gasteiger partial charge in [-0.25, -0.2) is 4.79 Å². The summed E-state index contributed by atoms with van der Waals surface area (Å²) in [6.45, 7) is 3.57. The van der Waals surface area contributed by atoms with E-state index in [2.05, 4.69) is 29.8 Å². The van der Waals surface area contributed by atoms with Gasteiger partial charge in [0.15, 0.2) is 0 Å². The van der Waals surface area contributed by atoms with Crippen LogP contribution in [0.1, 0.15) is 39.5 Å². The third kappa shape index (κ3) is 5.46. The standard InChI is InChI=1S/C13H23N3O4/c1-13(2)6-4-3-5-9(13)16-12(20)15-7-10(17)14-8-11(18)19/h9H,3-8H2,1-2H3,(H,14,17)(H,18,19)(H2,15,16,20). The molecule has 7 heteroatoms. The van der Waals surface area contributed by atoms with Crippen molar-refractivity contribution >= 4 is 17.9 Å². The molecular weight excluding hydrogens is 262 g/mol. The molecule has 114 valence electrons. The number of rotatable bonds is 5. The molecule has 20 heavy (non-hydrogen) atoms.